The molecule has 2 heterocycles. The van der Waals surface area contributed by atoms with Crippen LogP contribution in [0.4, 0.5) is 4.79 Å². The molecule has 1 unspecified atom stereocenters. The lowest BCUT2D eigenvalue weighted by Gasteiger charge is -2.38. The van der Waals surface area contributed by atoms with E-state index in [9.17, 15) is 9.59 Å². The van der Waals surface area contributed by atoms with Gasteiger partial charge in [0.15, 0.2) is 0 Å². The largest absolute Gasteiger partial charge is 0.445 e. The van der Waals surface area contributed by atoms with Crippen molar-refractivity contribution in [1.29, 1.82) is 0 Å². The summed E-state index contributed by atoms with van der Waals surface area (Å²) in [5.41, 5.74) is 2.68. The van der Waals surface area contributed by atoms with Gasteiger partial charge in [-0.3, -0.25) is 14.7 Å². The van der Waals surface area contributed by atoms with Gasteiger partial charge in [-0.05, 0) is 30.2 Å². The van der Waals surface area contributed by atoms with E-state index in [1.54, 1.807) is 24.1 Å². The third-order valence-corrected chi connectivity index (χ3v) is 5.64. The van der Waals surface area contributed by atoms with Gasteiger partial charge in [0.1, 0.15) is 12.6 Å². The van der Waals surface area contributed by atoms with Crippen LogP contribution in [-0.2, 0) is 22.7 Å². The Morgan fingerprint density at radius 3 is 2.73 bits per heavy atom. The summed E-state index contributed by atoms with van der Waals surface area (Å²) in [4.78, 5) is 33.0. The van der Waals surface area contributed by atoms with Crippen LogP contribution in [0.2, 0.25) is 5.02 Å². The molecule has 1 atom stereocenters. The zero-order chi connectivity index (χ0) is 21.1. The van der Waals surface area contributed by atoms with Crippen molar-refractivity contribution in [3.05, 3.63) is 76.9 Å². The first kappa shape index (κ1) is 20.2. The Balaban J connectivity index is 1.39. The summed E-state index contributed by atoms with van der Waals surface area (Å²) in [6.07, 6.45) is 1.20. The van der Waals surface area contributed by atoms with E-state index in [-0.39, 0.29) is 12.5 Å². The Morgan fingerprint density at radius 2 is 1.93 bits per heavy atom. The zero-order valence-electron chi connectivity index (χ0n) is 16.6. The molecule has 0 bridgehead atoms. The molecule has 0 spiro atoms. The maximum Gasteiger partial charge on any atom is 0.410 e. The monoisotopic (exact) mass is 423 g/mol. The van der Waals surface area contributed by atoms with Crippen LogP contribution in [0.5, 0.6) is 0 Å². The van der Waals surface area contributed by atoms with Gasteiger partial charge in [-0.1, -0.05) is 54.1 Å². The van der Waals surface area contributed by atoms with E-state index in [1.165, 1.54) is 4.90 Å². The minimum absolute atomic E-state index is 0.0999. The van der Waals surface area contributed by atoms with E-state index in [1.807, 2.05) is 48.5 Å². The van der Waals surface area contributed by atoms with Gasteiger partial charge in [0.25, 0.3) is 0 Å². The van der Waals surface area contributed by atoms with Crippen LogP contribution in [0, 0.1) is 0 Å². The number of benzene rings is 2. The number of nitrogens with zero attached hydrogens (tertiary/aromatic N) is 3. The average Bonchev–Trinajstić information content (AvgIpc) is 2.76. The quantitative estimate of drug-likeness (QED) is 0.629. The van der Waals surface area contributed by atoms with E-state index in [0.29, 0.717) is 24.7 Å². The second-order valence-electron chi connectivity index (χ2n) is 7.31. The SMILES string of the molecule is CC1C(=O)N(Cc2ccc3c(Cl)ccnc3c2)CCN1C(=O)OCc1ccccc1. The highest BCUT2D eigenvalue weighted by atomic mass is 35.5. The van der Waals surface area contributed by atoms with Crippen LogP contribution in [0.25, 0.3) is 10.9 Å². The predicted molar refractivity (Wildman–Crippen MR) is 115 cm³/mol. The Kier molecular flexibility index (Phi) is 5.86. The van der Waals surface area contributed by atoms with E-state index in [0.717, 1.165) is 22.0 Å². The van der Waals surface area contributed by atoms with Crippen LogP contribution in [0.3, 0.4) is 0 Å². The molecule has 154 valence electrons. The molecular formula is C23H22ClN3O3. The first-order valence-corrected chi connectivity index (χ1v) is 10.2. The molecule has 1 aromatic heterocycles. The smallest absolute Gasteiger partial charge is 0.410 e. The van der Waals surface area contributed by atoms with Crippen molar-refractivity contribution in [3.63, 3.8) is 0 Å². The molecule has 0 radical (unpaired) electrons. The number of fused-ring (bicyclic) bond motifs is 1. The number of carbonyl (C=O) groups excluding carboxylic acids is 2. The summed E-state index contributed by atoms with van der Waals surface area (Å²) in [6.45, 7) is 3.26. The summed E-state index contributed by atoms with van der Waals surface area (Å²) in [7, 11) is 0. The van der Waals surface area contributed by atoms with Crippen molar-refractivity contribution in [2.24, 2.45) is 0 Å². The molecule has 6 nitrogen and oxygen atoms in total. The fraction of sp³-hybridized carbons (Fsp3) is 0.261. The van der Waals surface area contributed by atoms with Gasteiger partial charge in [-0.2, -0.15) is 0 Å². The highest BCUT2D eigenvalue weighted by Gasteiger charge is 2.35. The van der Waals surface area contributed by atoms with Crippen LogP contribution >= 0.6 is 11.6 Å². The minimum atomic E-state index is -0.574. The maximum absolute atomic E-state index is 12.9. The molecule has 7 heteroatoms. The Labute approximate surface area is 180 Å². The Hall–Kier alpha value is -3.12. The van der Waals surface area contributed by atoms with Crippen molar-refractivity contribution in [3.8, 4) is 0 Å². The topological polar surface area (TPSA) is 62.7 Å². The Bertz CT molecular complexity index is 1070. The van der Waals surface area contributed by atoms with E-state index < -0.39 is 12.1 Å². The first-order valence-electron chi connectivity index (χ1n) is 9.82. The predicted octanol–water partition coefficient (Wildman–Crippen LogP) is 4.26. The fourth-order valence-electron chi connectivity index (χ4n) is 3.62. The number of piperazine rings is 1. The van der Waals surface area contributed by atoms with Gasteiger partial charge in [-0.25, -0.2) is 4.79 Å². The lowest BCUT2D eigenvalue weighted by atomic mass is 10.1. The molecule has 4 rings (SSSR count). The second-order valence-corrected chi connectivity index (χ2v) is 7.72. The Morgan fingerprint density at radius 1 is 1.13 bits per heavy atom. The number of pyridine rings is 1. The molecule has 3 aromatic rings. The van der Waals surface area contributed by atoms with Crippen molar-refractivity contribution < 1.29 is 14.3 Å². The molecule has 30 heavy (non-hydrogen) atoms. The first-order chi connectivity index (χ1) is 14.5. The van der Waals surface area contributed by atoms with Gasteiger partial charge < -0.3 is 9.64 Å². The maximum atomic E-state index is 12.9. The molecular weight excluding hydrogens is 402 g/mol. The summed E-state index contributed by atoms with van der Waals surface area (Å²) in [5, 5.41) is 1.53. The number of aromatic nitrogens is 1. The van der Waals surface area contributed by atoms with Gasteiger partial charge in [0.05, 0.1) is 10.5 Å². The average molecular weight is 424 g/mol. The number of rotatable bonds is 4. The van der Waals surface area contributed by atoms with Gasteiger partial charge in [0, 0.05) is 31.2 Å². The third-order valence-electron chi connectivity index (χ3n) is 5.31. The number of halogens is 1. The summed E-state index contributed by atoms with van der Waals surface area (Å²) >= 11 is 6.20. The van der Waals surface area contributed by atoms with Crippen LogP contribution in [0.1, 0.15) is 18.1 Å². The molecule has 1 aliphatic heterocycles. The highest BCUT2D eigenvalue weighted by Crippen LogP contribution is 2.23. The molecule has 0 aliphatic carbocycles. The number of carbonyl (C=O) groups is 2. The molecule has 1 saturated heterocycles. The van der Waals surface area contributed by atoms with Crippen LogP contribution < -0.4 is 0 Å². The second kappa shape index (κ2) is 8.71. The summed E-state index contributed by atoms with van der Waals surface area (Å²) in [6, 6.07) is 16.5. The van der Waals surface area contributed by atoms with Gasteiger partial charge >= 0.3 is 6.09 Å². The number of amides is 2. The van der Waals surface area contributed by atoms with Gasteiger partial charge in [0.2, 0.25) is 5.91 Å². The lowest BCUT2D eigenvalue weighted by Crippen LogP contribution is -2.57. The van der Waals surface area contributed by atoms with Crippen LogP contribution in [-0.4, -0.2) is 45.9 Å². The zero-order valence-corrected chi connectivity index (χ0v) is 17.4. The van der Waals surface area contributed by atoms with E-state index >= 15 is 0 Å². The molecule has 2 aromatic carbocycles. The van der Waals surface area contributed by atoms with Gasteiger partial charge in [-0.15, -0.1) is 0 Å². The number of ether oxygens (including phenoxy) is 1. The standard InChI is InChI=1S/C23H22ClN3O3/c1-16-22(28)26(14-18-7-8-19-20(24)9-10-25-21(19)13-18)11-12-27(16)23(29)30-15-17-5-3-2-4-6-17/h2-10,13,16H,11-12,14-15H2,1H3. The minimum Gasteiger partial charge on any atom is -0.445 e. The van der Waals surface area contributed by atoms with Crippen molar-refractivity contribution in [1.82, 2.24) is 14.8 Å². The van der Waals surface area contributed by atoms with Crippen molar-refractivity contribution in [2.45, 2.75) is 26.1 Å². The molecule has 0 saturated carbocycles. The number of hydrogen-bond acceptors (Lipinski definition) is 4. The van der Waals surface area contributed by atoms with Crippen LogP contribution in [0.15, 0.2) is 60.8 Å². The van der Waals surface area contributed by atoms with Crippen molar-refractivity contribution in [2.75, 3.05) is 13.1 Å². The molecule has 1 fully saturated rings. The molecule has 0 N–H and O–H groups in total. The summed E-state index contributed by atoms with van der Waals surface area (Å²) < 4.78 is 5.39. The molecule has 2 amide bonds. The summed E-state index contributed by atoms with van der Waals surface area (Å²) in [5.74, 6) is -0.0999. The van der Waals surface area contributed by atoms with Crippen molar-refractivity contribution >= 4 is 34.5 Å². The highest BCUT2D eigenvalue weighted by molar-refractivity contribution is 6.35. The number of hydrogen-bond donors (Lipinski definition) is 0. The fourth-order valence-corrected chi connectivity index (χ4v) is 3.83. The van der Waals surface area contributed by atoms with E-state index in [2.05, 4.69) is 4.98 Å². The third kappa shape index (κ3) is 4.24. The molecule has 1 aliphatic rings. The van der Waals surface area contributed by atoms with E-state index in [4.69, 9.17) is 16.3 Å². The lowest BCUT2D eigenvalue weighted by molar-refractivity contribution is -0.140. The normalized spacial score (nSPS) is 16.7.